The lowest BCUT2D eigenvalue weighted by Crippen LogP contribution is -2.07. The highest BCUT2D eigenvalue weighted by Gasteiger charge is 2.33. The second-order valence-electron chi connectivity index (χ2n) is 3.86. The zero-order valence-corrected chi connectivity index (χ0v) is 13.3. The quantitative estimate of drug-likeness (QED) is 0.564. The highest BCUT2D eigenvalue weighted by molar-refractivity contribution is 14.1. The summed E-state index contributed by atoms with van der Waals surface area (Å²) in [5.41, 5.74) is -0.815. The maximum atomic E-state index is 12.8. The second-order valence-corrected chi connectivity index (χ2v) is 5.43. The highest BCUT2D eigenvalue weighted by Crippen LogP contribution is 2.38. The standard InChI is InChI=1S/C11H5ClF3IN6/c12-7-2-8(16)9(1-6(7)11(13,14)15)18-4-5(3-17)10-19-21-22-20-10/h1-2,4,18H,(H,19,20,21,22). The molecule has 0 aliphatic rings. The van der Waals surface area contributed by atoms with Gasteiger partial charge in [0.2, 0.25) is 5.82 Å². The highest BCUT2D eigenvalue weighted by atomic mass is 127. The lowest BCUT2D eigenvalue weighted by molar-refractivity contribution is -0.137. The van der Waals surface area contributed by atoms with E-state index in [9.17, 15) is 13.2 Å². The van der Waals surface area contributed by atoms with Crippen LogP contribution in [0.15, 0.2) is 18.3 Å². The zero-order chi connectivity index (χ0) is 16.3. The van der Waals surface area contributed by atoms with Crippen molar-refractivity contribution in [2.75, 3.05) is 5.32 Å². The summed E-state index contributed by atoms with van der Waals surface area (Å²) in [6.07, 6.45) is -3.39. The average molecular weight is 441 g/mol. The number of tetrazole rings is 1. The van der Waals surface area contributed by atoms with E-state index in [-0.39, 0.29) is 17.1 Å². The number of nitrogens with one attached hydrogen (secondary N) is 2. The average Bonchev–Trinajstić information content (AvgIpc) is 2.94. The maximum absolute atomic E-state index is 12.8. The number of halogens is 5. The lowest BCUT2D eigenvalue weighted by atomic mass is 10.2. The molecular weight excluding hydrogens is 436 g/mol. The molecule has 0 bridgehead atoms. The molecule has 0 aliphatic carbocycles. The van der Waals surface area contributed by atoms with E-state index < -0.39 is 16.8 Å². The van der Waals surface area contributed by atoms with E-state index in [4.69, 9.17) is 16.9 Å². The van der Waals surface area contributed by atoms with Gasteiger partial charge in [0, 0.05) is 9.77 Å². The normalized spacial score (nSPS) is 12.1. The van der Waals surface area contributed by atoms with Crippen LogP contribution >= 0.6 is 34.2 Å². The van der Waals surface area contributed by atoms with Crippen LogP contribution < -0.4 is 5.32 Å². The number of hydrogen-bond acceptors (Lipinski definition) is 5. The predicted octanol–water partition coefficient (Wildman–Crippen LogP) is 3.45. The smallest absolute Gasteiger partial charge is 0.359 e. The Bertz CT molecular complexity index is 750. The van der Waals surface area contributed by atoms with Crippen molar-refractivity contribution in [2.24, 2.45) is 0 Å². The Balaban J connectivity index is 2.36. The Kier molecular flexibility index (Phi) is 4.87. The van der Waals surface area contributed by atoms with Crippen LogP contribution in [0.5, 0.6) is 0 Å². The van der Waals surface area contributed by atoms with Crippen molar-refractivity contribution in [2.45, 2.75) is 6.18 Å². The Hall–Kier alpha value is -1.87. The number of rotatable bonds is 3. The van der Waals surface area contributed by atoms with Gasteiger partial charge in [-0.2, -0.15) is 23.6 Å². The number of alkyl halides is 3. The van der Waals surface area contributed by atoms with Gasteiger partial charge in [0.15, 0.2) is 0 Å². The van der Waals surface area contributed by atoms with E-state index >= 15 is 0 Å². The molecule has 22 heavy (non-hydrogen) atoms. The van der Waals surface area contributed by atoms with Crippen molar-refractivity contribution in [1.82, 2.24) is 20.6 Å². The maximum Gasteiger partial charge on any atom is 0.417 e. The molecule has 114 valence electrons. The van der Waals surface area contributed by atoms with Crippen LogP contribution in [0.25, 0.3) is 5.57 Å². The number of nitriles is 1. The van der Waals surface area contributed by atoms with Gasteiger partial charge in [-0.05, 0) is 39.9 Å². The van der Waals surface area contributed by atoms with Crippen LogP contribution in [0, 0.1) is 14.9 Å². The Morgan fingerprint density at radius 2 is 2.18 bits per heavy atom. The van der Waals surface area contributed by atoms with Crippen LogP contribution in [0.2, 0.25) is 5.02 Å². The molecule has 0 aliphatic heterocycles. The van der Waals surface area contributed by atoms with Gasteiger partial charge in [0.1, 0.15) is 11.6 Å². The summed E-state index contributed by atoms with van der Waals surface area (Å²) in [4.78, 5) is 0. The molecule has 0 amide bonds. The van der Waals surface area contributed by atoms with E-state index in [0.717, 1.165) is 6.07 Å². The monoisotopic (exact) mass is 440 g/mol. The summed E-state index contributed by atoms with van der Waals surface area (Å²) in [7, 11) is 0. The van der Waals surface area contributed by atoms with Gasteiger partial charge in [-0.15, -0.1) is 10.2 Å². The molecule has 1 heterocycles. The molecule has 6 nitrogen and oxygen atoms in total. The third-order valence-corrected chi connectivity index (χ3v) is 3.65. The zero-order valence-electron chi connectivity index (χ0n) is 10.4. The van der Waals surface area contributed by atoms with Crippen LogP contribution in [0.1, 0.15) is 11.4 Å². The summed E-state index contributed by atoms with van der Waals surface area (Å²) in [6.45, 7) is 0. The fourth-order valence-electron chi connectivity index (χ4n) is 1.45. The summed E-state index contributed by atoms with van der Waals surface area (Å²) >= 11 is 7.43. The third-order valence-electron chi connectivity index (χ3n) is 2.44. The molecule has 2 aromatic rings. The van der Waals surface area contributed by atoms with Crippen molar-refractivity contribution < 1.29 is 13.2 Å². The minimum Gasteiger partial charge on any atom is -0.359 e. The van der Waals surface area contributed by atoms with E-state index in [1.54, 1.807) is 0 Å². The number of aromatic amines is 1. The number of nitrogens with zero attached hydrogens (tertiary/aromatic N) is 4. The molecule has 2 rings (SSSR count). The molecule has 0 saturated heterocycles. The molecule has 0 atom stereocenters. The molecular formula is C11H5ClF3IN6. The van der Waals surface area contributed by atoms with Gasteiger partial charge >= 0.3 is 6.18 Å². The van der Waals surface area contributed by atoms with Gasteiger partial charge < -0.3 is 5.32 Å². The fraction of sp³-hybridized carbons (Fsp3) is 0.0909. The molecule has 0 spiro atoms. The molecule has 2 N–H and O–H groups in total. The number of aromatic nitrogens is 4. The van der Waals surface area contributed by atoms with Crippen molar-refractivity contribution in [3.8, 4) is 6.07 Å². The fourth-order valence-corrected chi connectivity index (χ4v) is 2.53. The van der Waals surface area contributed by atoms with Gasteiger partial charge in [0.05, 0.1) is 16.3 Å². The second kappa shape index (κ2) is 6.49. The molecule has 1 aromatic heterocycles. The van der Waals surface area contributed by atoms with E-state index in [0.29, 0.717) is 3.57 Å². The Labute approximate surface area is 140 Å². The van der Waals surface area contributed by atoms with Crippen LogP contribution in [-0.2, 0) is 6.18 Å². The summed E-state index contributed by atoms with van der Waals surface area (Å²) in [6, 6.07) is 3.86. The van der Waals surface area contributed by atoms with Gasteiger partial charge in [-0.1, -0.05) is 11.6 Å². The topological polar surface area (TPSA) is 90.3 Å². The van der Waals surface area contributed by atoms with Crippen LogP contribution in [0.4, 0.5) is 18.9 Å². The summed E-state index contributed by atoms with van der Waals surface area (Å²) < 4.78 is 39.0. The first-order valence-corrected chi connectivity index (χ1v) is 6.95. The Morgan fingerprint density at radius 1 is 1.45 bits per heavy atom. The molecule has 0 saturated carbocycles. The first kappa shape index (κ1) is 16.5. The molecule has 0 fully saturated rings. The summed E-state index contributed by atoms with van der Waals surface area (Å²) in [5, 5.41) is 23.9. The van der Waals surface area contributed by atoms with Crippen molar-refractivity contribution in [1.29, 1.82) is 5.26 Å². The van der Waals surface area contributed by atoms with E-state index in [1.807, 2.05) is 28.7 Å². The first-order valence-electron chi connectivity index (χ1n) is 5.49. The minimum atomic E-state index is -4.58. The van der Waals surface area contributed by atoms with Crippen LogP contribution in [0.3, 0.4) is 0 Å². The van der Waals surface area contributed by atoms with Crippen molar-refractivity contribution >= 4 is 45.5 Å². The number of H-pyrrole nitrogens is 1. The van der Waals surface area contributed by atoms with E-state index in [1.165, 1.54) is 12.3 Å². The largest absolute Gasteiger partial charge is 0.417 e. The van der Waals surface area contributed by atoms with Crippen molar-refractivity contribution in [3.63, 3.8) is 0 Å². The SMILES string of the molecule is N#CC(=CNc1cc(C(F)(F)F)c(Cl)cc1I)c1nn[nH]n1. The predicted molar refractivity (Wildman–Crippen MR) is 80.6 cm³/mol. The number of anilines is 1. The third kappa shape index (κ3) is 3.66. The van der Waals surface area contributed by atoms with Gasteiger partial charge in [-0.25, -0.2) is 0 Å². The summed E-state index contributed by atoms with van der Waals surface area (Å²) in [5.74, 6) is 0.0232. The van der Waals surface area contributed by atoms with Crippen LogP contribution in [-0.4, -0.2) is 20.6 Å². The number of allylic oxidation sites excluding steroid dienone is 1. The molecule has 0 unspecified atom stereocenters. The van der Waals surface area contributed by atoms with Crippen molar-refractivity contribution in [3.05, 3.63) is 38.3 Å². The van der Waals surface area contributed by atoms with E-state index in [2.05, 4.69) is 25.9 Å². The Morgan fingerprint density at radius 3 is 2.73 bits per heavy atom. The first-order chi connectivity index (χ1) is 10.3. The number of benzene rings is 1. The lowest BCUT2D eigenvalue weighted by Gasteiger charge is -2.12. The van der Waals surface area contributed by atoms with Gasteiger partial charge in [-0.3, -0.25) is 0 Å². The minimum absolute atomic E-state index is 0.00746. The number of hydrogen-bond donors (Lipinski definition) is 2. The van der Waals surface area contributed by atoms with Gasteiger partial charge in [0.25, 0.3) is 0 Å². The molecule has 1 aromatic carbocycles. The molecule has 11 heteroatoms. The molecule has 0 radical (unpaired) electrons.